The second-order valence-electron chi connectivity index (χ2n) is 3.11. The normalized spacial score (nSPS) is 31.4. The molecule has 1 nitrogen and oxygen atoms in total. The van der Waals surface area contributed by atoms with Crippen LogP contribution in [0.5, 0.6) is 0 Å². The first kappa shape index (κ1) is 6.04. The van der Waals surface area contributed by atoms with E-state index in [-0.39, 0.29) is 0 Å². The molecule has 0 N–H and O–H groups in total. The first-order valence-corrected chi connectivity index (χ1v) is 4.17. The standard InChI is InChI=1S/C9H7ClO/c10-7-3-1-2-5-6(7)4-8-9(5)11-8/h1-3,8-9H,4H2/t8-,9-/m1/s1. The Bertz CT molecular complexity index is 321. The molecule has 2 heteroatoms. The van der Waals surface area contributed by atoms with E-state index in [2.05, 4.69) is 6.07 Å². The lowest BCUT2D eigenvalue weighted by Gasteiger charge is -2.02. The zero-order valence-electron chi connectivity index (χ0n) is 5.88. The van der Waals surface area contributed by atoms with E-state index >= 15 is 0 Å². The van der Waals surface area contributed by atoms with Gasteiger partial charge in [-0.15, -0.1) is 0 Å². The molecule has 2 aliphatic rings. The lowest BCUT2D eigenvalue weighted by Crippen LogP contribution is -1.89. The molecule has 2 atom stereocenters. The lowest BCUT2D eigenvalue weighted by atomic mass is 10.1. The maximum Gasteiger partial charge on any atom is 0.110 e. The summed E-state index contributed by atoms with van der Waals surface area (Å²) in [6, 6.07) is 6.05. The molecule has 1 heterocycles. The minimum atomic E-state index is 0.378. The molecule has 0 bridgehead atoms. The van der Waals surface area contributed by atoms with E-state index in [0.29, 0.717) is 12.2 Å². The second-order valence-corrected chi connectivity index (χ2v) is 3.51. The van der Waals surface area contributed by atoms with Crippen molar-refractivity contribution in [2.75, 3.05) is 0 Å². The molecule has 3 rings (SSSR count). The van der Waals surface area contributed by atoms with Gasteiger partial charge in [0.2, 0.25) is 0 Å². The van der Waals surface area contributed by atoms with Crippen LogP contribution in [0.25, 0.3) is 0 Å². The quantitative estimate of drug-likeness (QED) is 0.539. The fourth-order valence-corrected chi connectivity index (χ4v) is 2.09. The average Bonchev–Trinajstić information content (AvgIpc) is 2.67. The molecule has 1 aliphatic heterocycles. The predicted molar refractivity (Wildman–Crippen MR) is 42.8 cm³/mol. The van der Waals surface area contributed by atoms with E-state index in [9.17, 15) is 0 Å². The third-order valence-corrected chi connectivity index (χ3v) is 2.80. The van der Waals surface area contributed by atoms with Crippen molar-refractivity contribution in [1.29, 1.82) is 0 Å². The van der Waals surface area contributed by atoms with Gasteiger partial charge in [-0.3, -0.25) is 0 Å². The Labute approximate surface area is 69.9 Å². The highest BCUT2D eigenvalue weighted by molar-refractivity contribution is 6.31. The molecule has 1 fully saturated rings. The number of hydrogen-bond acceptors (Lipinski definition) is 1. The predicted octanol–water partition coefficient (Wildman–Crippen LogP) is 2.34. The van der Waals surface area contributed by atoms with Gasteiger partial charge in [-0.2, -0.15) is 0 Å². The van der Waals surface area contributed by atoms with Crippen LogP contribution in [0.2, 0.25) is 5.02 Å². The van der Waals surface area contributed by atoms with E-state index in [4.69, 9.17) is 16.3 Å². The number of fused-ring (bicyclic) bond motifs is 3. The molecule has 56 valence electrons. The maximum atomic E-state index is 6.00. The number of ether oxygens (including phenoxy) is 1. The number of epoxide rings is 1. The lowest BCUT2D eigenvalue weighted by molar-refractivity contribution is 0.361. The van der Waals surface area contributed by atoms with Gasteiger partial charge in [0, 0.05) is 11.4 Å². The fourth-order valence-electron chi connectivity index (χ4n) is 1.83. The monoisotopic (exact) mass is 166 g/mol. The van der Waals surface area contributed by atoms with Crippen LogP contribution in [0.1, 0.15) is 17.2 Å². The summed E-state index contributed by atoms with van der Waals surface area (Å²) in [6.07, 6.45) is 1.84. The van der Waals surface area contributed by atoms with Crippen LogP contribution in [0.4, 0.5) is 0 Å². The Morgan fingerprint density at radius 2 is 2.36 bits per heavy atom. The zero-order chi connectivity index (χ0) is 7.42. The Kier molecular flexibility index (Phi) is 0.984. The van der Waals surface area contributed by atoms with Crippen molar-refractivity contribution in [3.8, 4) is 0 Å². The van der Waals surface area contributed by atoms with E-state index in [1.807, 2.05) is 12.1 Å². The smallest absolute Gasteiger partial charge is 0.110 e. The minimum absolute atomic E-state index is 0.378. The van der Waals surface area contributed by atoms with Crippen LogP contribution in [0, 0.1) is 0 Å². The van der Waals surface area contributed by atoms with Crippen LogP contribution < -0.4 is 0 Å². The Morgan fingerprint density at radius 3 is 3.18 bits per heavy atom. The highest BCUT2D eigenvalue weighted by atomic mass is 35.5. The van der Waals surface area contributed by atoms with Gasteiger partial charge in [0.15, 0.2) is 0 Å². The third kappa shape index (κ3) is 0.700. The van der Waals surface area contributed by atoms with Crippen LogP contribution in [-0.2, 0) is 11.2 Å². The van der Waals surface area contributed by atoms with Crippen molar-refractivity contribution in [1.82, 2.24) is 0 Å². The van der Waals surface area contributed by atoms with Crippen molar-refractivity contribution in [3.05, 3.63) is 34.3 Å². The van der Waals surface area contributed by atoms with Crippen LogP contribution in [0.15, 0.2) is 18.2 Å². The summed E-state index contributed by atoms with van der Waals surface area (Å²) in [4.78, 5) is 0. The summed E-state index contributed by atoms with van der Waals surface area (Å²) in [6.45, 7) is 0. The van der Waals surface area contributed by atoms with E-state index < -0.39 is 0 Å². The first-order valence-electron chi connectivity index (χ1n) is 3.79. The van der Waals surface area contributed by atoms with Gasteiger partial charge >= 0.3 is 0 Å². The third-order valence-electron chi connectivity index (χ3n) is 2.45. The molecule has 0 unspecified atom stereocenters. The van der Waals surface area contributed by atoms with Crippen molar-refractivity contribution in [3.63, 3.8) is 0 Å². The first-order chi connectivity index (χ1) is 5.36. The second kappa shape index (κ2) is 1.79. The number of hydrogen-bond donors (Lipinski definition) is 0. The van der Waals surface area contributed by atoms with Crippen LogP contribution in [-0.4, -0.2) is 6.10 Å². The molecule has 1 saturated heterocycles. The summed E-state index contributed by atoms with van der Waals surface area (Å²) >= 11 is 6.00. The molecular formula is C9H7ClO. The molecule has 1 aliphatic carbocycles. The largest absolute Gasteiger partial charge is 0.364 e. The molecule has 0 amide bonds. The molecule has 0 aromatic heterocycles. The topological polar surface area (TPSA) is 12.5 Å². The van der Waals surface area contributed by atoms with Crippen LogP contribution >= 0.6 is 11.6 Å². The molecule has 0 saturated carbocycles. The Morgan fingerprint density at radius 1 is 1.45 bits per heavy atom. The molecule has 11 heavy (non-hydrogen) atoms. The summed E-state index contributed by atoms with van der Waals surface area (Å²) in [5, 5.41) is 0.901. The van der Waals surface area contributed by atoms with Crippen molar-refractivity contribution in [2.24, 2.45) is 0 Å². The van der Waals surface area contributed by atoms with Gasteiger partial charge < -0.3 is 4.74 Å². The summed E-state index contributed by atoms with van der Waals surface area (Å²) in [5.74, 6) is 0. The fraction of sp³-hybridized carbons (Fsp3) is 0.333. The Balaban J connectivity index is 2.24. The molecule has 0 radical (unpaired) electrons. The minimum Gasteiger partial charge on any atom is -0.364 e. The van der Waals surface area contributed by atoms with Gasteiger partial charge in [-0.25, -0.2) is 0 Å². The molecule has 0 spiro atoms. The van der Waals surface area contributed by atoms with Gasteiger partial charge in [-0.1, -0.05) is 23.7 Å². The average molecular weight is 167 g/mol. The highest BCUT2D eigenvalue weighted by Gasteiger charge is 2.47. The van der Waals surface area contributed by atoms with E-state index in [1.54, 1.807) is 0 Å². The highest BCUT2D eigenvalue weighted by Crippen LogP contribution is 2.50. The molecular weight excluding hydrogens is 160 g/mol. The summed E-state index contributed by atoms with van der Waals surface area (Å²) in [5.41, 5.74) is 2.61. The summed E-state index contributed by atoms with van der Waals surface area (Å²) in [7, 11) is 0. The zero-order valence-corrected chi connectivity index (χ0v) is 6.64. The van der Waals surface area contributed by atoms with E-state index in [1.165, 1.54) is 11.1 Å². The van der Waals surface area contributed by atoms with Gasteiger partial charge in [-0.05, 0) is 17.2 Å². The van der Waals surface area contributed by atoms with Crippen molar-refractivity contribution < 1.29 is 4.74 Å². The van der Waals surface area contributed by atoms with Crippen LogP contribution in [0.3, 0.4) is 0 Å². The number of rotatable bonds is 0. The van der Waals surface area contributed by atoms with E-state index in [0.717, 1.165) is 11.4 Å². The Hall–Kier alpha value is -0.530. The maximum absolute atomic E-state index is 6.00. The number of halogens is 1. The van der Waals surface area contributed by atoms with Gasteiger partial charge in [0.25, 0.3) is 0 Å². The van der Waals surface area contributed by atoms with Crippen molar-refractivity contribution >= 4 is 11.6 Å². The SMILES string of the molecule is Clc1cccc2c1C[C@H]1O[C@H]21. The number of benzene rings is 1. The van der Waals surface area contributed by atoms with Gasteiger partial charge in [0.05, 0.1) is 6.10 Å². The summed E-state index contributed by atoms with van der Waals surface area (Å²) < 4.78 is 5.38. The van der Waals surface area contributed by atoms with Gasteiger partial charge in [0.1, 0.15) is 6.10 Å². The molecule has 1 aromatic rings. The van der Waals surface area contributed by atoms with Crippen molar-refractivity contribution in [2.45, 2.75) is 18.6 Å². The molecule has 1 aromatic carbocycles.